The Labute approximate surface area is 143 Å². The van der Waals surface area contributed by atoms with Crippen LogP contribution in [0.4, 0.5) is 5.69 Å². The van der Waals surface area contributed by atoms with E-state index in [1.165, 1.54) is 7.11 Å². The number of benzene rings is 1. The summed E-state index contributed by atoms with van der Waals surface area (Å²) in [4.78, 5) is 24.2. The van der Waals surface area contributed by atoms with Crippen LogP contribution in [-0.4, -0.2) is 30.2 Å². The molecule has 0 heterocycles. The van der Waals surface area contributed by atoms with Gasteiger partial charge in [-0.3, -0.25) is 4.79 Å². The maximum absolute atomic E-state index is 12.6. The largest absolute Gasteiger partial charge is 0.479 e. The van der Waals surface area contributed by atoms with Crippen molar-refractivity contribution in [3.05, 3.63) is 36.8 Å². The molecule has 131 valence electrons. The molecule has 0 spiro atoms. The van der Waals surface area contributed by atoms with E-state index in [1.807, 2.05) is 24.3 Å². The Morgan fingerprint density at radius 3 is 2.54 bits per heavy atom. The summed E-state index contributed by atoms with van der Waals surface area (Å²) in [7, 11) is 1.41. The lowest BCUT2D eigenvalue weighted by atomic mass is 9.67. The van der Waals surface area contributed by atoms with E-state index >= 15 is 0 Å². The van der Waals surface area contributed by atoms with Crippen LogP contribution in [0.25, 0.3) is 0 Å². The Hall–Kier alpha value is -1.88. The number of aliphatic carboxylic acids is 1. The summed E-state index contributed by atoms with van der Waals surface area (Å²) in [6.45, 7) is 3.87. The van der Waals surface area contributed by atoms with Crippen LogP contribution in [0.15, 0.2) is 24.3 Å². The number of hydrogen-bond acceptors (Lipinski definition) is 3. The third-order valence-corrected chi connectivity index (χ3v) is 4.94. The zero-order valence-corrected chi connectivity index (χ0v) is 14.2. The van der Waals surface area contributed by atoms with Crippen molar-refractivity contribution in [1.82, 2.24) is 0 Å². The van der Waals surface area contributed by atoms with Crippen molar-refractivity contribution in [3.8, 4) is 0 Å². The topological polar surface area (TPSA) is 75.6 Å². The van der Waals surface area contributed by atoms with E-state index < -0.39 is 17.5 Å². The summed E-state index contributed by atoms with van der Waals surface area (Å²) in [5.74, 6) is -1.16. The van der Waals surface area contributed by atoms with Crippen LogP contribution < -0.4 is 5.32 Å². The molecule has 0 aromatic heterocycles. The number of ether oxygens (including phenoxy) is 1. The first-order valence-corrected chi connectivity index (χ1v) is 8.45. The predicted octanol–water partition coefficient (Wildman–Crippen LogP) is 3.44. The first-order chi connectivity index (χ1) is 11.5. The third-order valence-electron chi connectivity index (χ3n) is 4.94. The number of nitrogens with one attached hydrogen (secondary N) is 1. The van der Waals surface area contributed by atoms with Crippen molar-refractivity contribution in [1.29, 1.82) is 0 Å². The Morgan fingerprint density at radius 1 is 1.29 bits per heavy atom. The Bertz CT molecular complexity index is 578. The SMILES string of the molecule is [CH2]Cc1ccccc1NC(=O)CC1(C(OC)C(=O)O)CCCCC1. The van der Waals surface area contributed by atoms with Crippen molar-refractivity contribution in [3.63, 3.8) is 0 Å². The normalized spacial score (nSPS) is 17.9. The molecule has 2 rings (SSSR count). The average Bonchev–Trinajstić information content (AvgIpc) is 2.56. The number of carbonyl (C=O) groups excluding carboxylic acids is 1. The molecule has 0 saturated heterocycles. The summed E-state index contributed by atoms with van der Waals surface area (Å²) in [6.07, 6.45) is 4.10. The minimum absolute atomic E-state index is 0.156. The maximum Gasteiger partial charge on any atom is 0.333 e. The van der Waals surface area contributed by atoms with Crippen LogP contribution in [0.2, 0.25) is 0 Å². The fraction of sp³-hybridized carbons (Fsp3) is 0.526. The lowest BCUT2D eigenvalue weighted by Gasteiger charge is -2.40. The molecular formula is C19H26NO4. The smallest absolute Gasteiger partial charge is 0.333 e. The third kappa shape index (κ3) is 4.15. The van der Waals surface area contributed by atoms with Crippen LogP contribution in [0.3, 0.4) is 0 Å². The average molecular weight is 332 g/mol. The number of para-hydroxylation sites is 1. The number of methoxy groups -OCH3 is 1. The van der Waals surface area contributed by atoms with E-state index in [4.69, 9.17) is 4.74 Å². The highest BCUT2D eigenvalue weighted by Gasteiger charge is 2.45. The highest BCUT2D eigenvalue weighted by Crippen LogP contribution is 2.43. The predicted molar refractivity (Wildman–Crippen MR) is 92.7 cm³/mol. The quantitative estimate of drug-likeness (QED) is 0.802. The van der Waals surface area contributed by atoms with Gasteiger partial charge in [-0.15, -0.1) is 0 Å². The van der Waals surface area contributed by atoms with Gasteiger partial charge in [0.15, 0.2) is 6.10 Å². The van der Waals surface area contributed by atoms with Crippen LogP contribution in [0, 0.1) is 12.3 Å². The zero-order valence-electron chi connectivity index (χ0n) is 14.2. The lowest BCUT2D eigenvalue weighted by molar-refractivity contribution is -0.161. The molecule has 24 heavy (non-hydrogen) atoms. The van der Waals surface area contributed by atoms with Gasteiger partial charge in [0.2, 0.25) is 5.91 Å². The summed E-state index contributed by atoms with van der Waals surface area (Å²) in [5, 5.41) is 12.4. The van der Waals surface area contributed by atoms with Crippen molar-refractivity contribution in [2.45, 2.75) is 51.0 Å². The van der Waals surface area contributed by atoms with E-state index in [2.05, 4.69) is 12.2 Å². The standard InChI is InChI=1S/C19H26NO4/c1-3-14-9-5-6-10-15(14)20-16(21)13-19(11-7-4-8-12-19)17(24-2)18(22)23/h5-6,9-10,17H,1,3-4,7-8,11-13H2,2H3,(H,20,21)(H,22,23). The maximum atomic E-state index is 12.6. The molecule has 1 aromatic rings. The van der Waals surface area contributed by atoms with Gasteiger partial charge in [-0.05, 0) is 37.8 Å². The van der Waals surface area contributed by atoms with Crippen molar-refractivity contribution in [2.24, 2.45) is 5.41 Å². The van der Waals surface area contributed by atoms with Gasteiger partial charge < -0.3 is 15.2 Å². The second kappa shape index (κ2) is 8.29. The molecule has 0 aliphatic heterocycles. The number of carboxylic acid groups (broad SMARTS) is 1. The molecule has 5 nitrogen and oxygen atoms in total. The minimum Gasteiger partial charge on any atom is -0.479 e. The lowest BCUT2D eigenvalue weighted by Crippen LogP contribution is -2.45. The second-order valence-electron chi connectivity index (χ2n) is 6.51. The van der Waals surface area contributed by atoms with Gasteiger partial charge in [-0.25, -0.2) is 4.79 Å². The summed E-state index contributed by atoms with van der Waals surface area (Å²) >= 11 is 0. The zero-order chi connectivity index (χ0) is 17.6. The summed E-state index contributed by atoms with van der Waals surface area (Å²) in [6, 6.07) is 7.54. The molecule has 0 bridgehead atoms. The van der Waals surface area contributed by atoms with Crippen LogP contribution in [0.1, 0.15) is 44.1 Å². The molecule has 1 amide bonds. The Morgan fingerprint density at radius 2 is 1.96 bits per heavy atom. The highest BCUT2D eigenvalue weighted by molar-refractivity contribution is 5.92. The van der Waals surface area contributed by atoms with E-state index in [0.29, 0.717) is 19.3 Å². The molecule has 1 aliphatic carbocycles. The van der Waals surface area contributed by atoms with Crippen molar-refractivity contribution >= 4 is 17.6 Å². The first-order valence-electron chi connectivity index (χ1n) is 8.45. The second-order valence-corrected chi connectivity index (χ2v) is 6.51. The molecule has 1 saturated carbocycles. The van der Waals surface area contributed by atoms with Gasteiger partial charge in [0, 0.05) is 24.6 Å². The fourth-order valence-corrected chi connectivity index (χ4v) is 3.77. The monoisotopic (exact) mass is 332 g/mol. The number of anilines is 1. The molecule has 5 heteroatoms. The Kier molecular flexibility index (Phi) is 6.37. The van der Waals surface area contributed by atoms with Crippen LogP contribution >= 0.6 is 0 Å². The van der Waals surface area contributed by atoms with Crippen LogP contribution in [-0.2, 0) is 20.7 Å². The molecule has 2 N–H and O–H groups in total. The van der Waals surface area contributed by atoms with Gasteiger partial charge in [-0.1, -0.05) is 37.5 Å². The molecule has 1 unspecified atom stereocenters. The van der Waals surface area contributed by atoms with Crippen molar-refractivity contribution in [2.75, 3.05) is 12.4 Å². The first kappa shape index (κ1) is 18.5. The fourth-order valence-electron chi connectivity index (χ4n) is 3.77. The van der Waals surface area contributed by atoms with E-state index in [1.54, 1.807) is 0 Å². The minimum atomic E-state index is -0.995. The number of carboxylic acids is 1. The Balaban J connectivity index is 2.17. The van der Waals surface area contributed by atoms with Gasteiger partial charge in [0.25, 0.3) is 0 Å². The molecule has 1 aromatic carbocycles. The summed E-state index contributed by atoms with van der Waals surface area (Å²) in [5.41, 5.74) is 1.07. The molecule has 1 aliphatic rings. The number of amides is 1. The summed E-state index contributed by atoms with van der Waals surface area (Å²) < 4.78 is 5.26. The van der Waals surface area contributed by atoms with Gasteiger partial charge in [-0.2, -0.15) is 0 Å². The van der Waals surface area contributed by atoms with Crippen molar-refractivity contribution < 1.29 is 19.4 Å². The molecule has 1 fully saturated rings. The highest BCUT2D eigenvalue weighted by atomic mass is 16.5. The molecular weight excluding hydrogens is 306 g/mol. The van der Waals surface area contributed by atoms with Gasteiger partial charge >= 0.3 is 5.97 Å². The van der Waals surface area contributed by atoms with E-state index in [-0.39, 0.29) is 12.3 Å². The number of hydrogen-bond donors (Lipinski definition) is 2. The number of rotatable bonds is 7. The van der Waals surface area contributed by atoms with E-state index in [0.717, 1.165) is 30.5 Å². The van der Waals surface area contributed by atoms with Crippen LogP contribution in [0.5, 0.6) is 0 Å². The molecule has 1 radical (unpaired) electrons. The van der Waals surface area contributed by atoms with E-state index in [9.17, 15) is 14.7 Å². The van der Waals surface area contributed by atoms with Gasteiger partial charge in [0.05, 0.1) is 0 Å². The molecule has 1 atom stereocenters. The number of carbonyl (C=O) groups is 2. The van der Waals surface area contributed by atoms with Gasteiger partial charge in [0.1, 0.15) is 0 Å².